The zero-order chi connectivity index (χ0) is 25.0. The van der Waals surface area contributed by atoms with Crippen molar-refractivity contribution < 1.29 is 17.4 Å². The molecule has 0 unspecified atom stereocenters. The molecule has 4 aromatic carbocycles. The van der Waals surface area contributed by atoms with E-state index in [2.05, 4.69) is 143 Å². The minimum Gasteiger partial charge on any atom is -0.147 e. The predicted octanol–water partition coefficient (Wildman–Crippen LogP) is 6.76. The van der Waals surface area contributed by atoms with Crippen molar-refractivity contribution in [2.45, 2.75) is 39.0 Å². The van der Waals surface area contributed by atoms with E-state index in [4.69, 9.17) is 0 Å². The van der Waals surface area contributed by atoms with Crippen LogP contribution in [0.15, 0.2) is 119 Å². The minimum absolute atomic E-state index is 0. The normalized spacial score (nSPS) is 14.2. The molecule has 2 aliphatic carbocycles. The summed E-state index contributed by atoms with van der Waals surface area (Å²) in [6.45, 7) is 9.47. The van der Waals surface area contributed by atoms with Crippen LogP contribution in [0.2, 0.25) is 0 Å². The molecule has 0 heterocycles. The molecule has 0 bridgehead atoms. The molecule has 0 radical (unpaired) electrons. The molecule has 4 heteroatoms. The van der Waals surface area contributed by atoms with E-state index in [0.29, 0.717) is 0 Å². The Morgan fingerprint density at radius 3 is 1.84 bits per heavy atom. The topological polar surface area (TPSA) is 0 Å². The van der Waals surface area contributed by atoms with Crippen molar-refractivity contribution >= 4 is 41.5 Å². The van der Waals surface area contributed by atoms with Crippen LogP contribution in [0, 0.1) is 0 Å². The third-order valence-corrected chi connectivity index (χ3v) is 34.8. The van der Waals surface area contributed by atoms with Crippen LogP contribution in [0.1, 0.15) is 43.9 Å². The molecule has 38 heavy (non-hydrogen) atoms. The van der Waals surface area contributed by atoms with Gasteiger partial charge in [0.2, 0.25) is 0 Å². The molecule has 0 aromatic heterocycles. The van der Waals surface area contributed by atoms with Crippen molar-refractivity contribution in [3.05, 3.63) is 135 Å². The van der Waals surface area contributed by atoms with Gasteiger partial charge in [-0.05, 0) is 0 Å². The Morgan fingerprint density at radius 2 is 1.29 bits per heavy atom. The van der Waals surface area contributed by atoms with Gasteiger partial charge < -0.3 is 0 Å². The van der Waals surface area contributed by atoms with E-state index in [1.54, 1.807) is 18.7 Å². The van der Waals surface area contributed by atoms with Gasteiger partial charge in [-0.1, -0.05) is 0 Å². The second-order valence-electron chi connectivity index (χ2n) is 11.6. The number of hydrogen-bond acceptors (Lipinski definition) is 0. The summed E-state index contributed by atoms with van der Waals surface area (Å²) in [5.41, 5.74) is 7.53. The molecule has 0 spiro atoms. The molecular weight excluding hydrogens is 599 g/mol. The summed E-state index contributed by atoms with van der Waals surface area (Å²) in [7, 11) is 0. The van der Waals surface area contributed by atoms with Gasteiger partial charge in [-0.15, -0.1) is 24.8 Å². The Balaban J connectivity index is 0.00000168. The fourth-order valence-electron chi connectivity index (χ4n) is 6.88. The van der Waals surface area contributed by atoms with E-state index in [9.17, 15) is 0 Å². The van der Waals surface area contributed by atoms with E-state index >= 15 is 0 Å². The number of halogens is 2. The van der Waals surface area contributed by atoms with Gasteiger partial charge in [0.05, 0.1) is 0 Å². The Bertz CT molecular complexity index is 1570. The van der Waals surface area contributed by atoms with Crippen molar-refractivity contribution in [1.82, 2.24) is 0 Å². The van der Waals surface area contributed by atoms with Crippen LogP contribution in [-0.4, -0.2) is 6.88 Å². The quantitative estimate of drug-likeness (QED) is 0.192. The number of hydrogen-bond donors (Lipinski definition) is 0. The summed E-state index contributed by atoms with van der Waals surface area (Å²) in [5.74, 6) is 0. The largest absolute Gasteiger partial charge is 0.147 e. The van der Waals surface area contributed by atoms with Gasteiger partial charge in [0.1, 0.15) is 0 Å². The molecule has 6 rings (SSSR count). The maximum Gasteiger partial charge on any atom is -0.147 e. The first kappa shape index (κ1) is 29.0. The van der Waals surface area contributed by atoms with Crippen LogP contribution in [0.3, 0.4) is 0 Å². The van der Waals surface area contributed by atoms with Crippen LogP contribution in [-0.2, 0) is 29.2 Å². The molecule has 0 saturated carbocycles. The van der Waals surface area contributed by atoms with Gasteiger partial charge in [0, 0.05) is 0 Å². The molecule has 4 aromatic rings. The van der Waals surface area contributed by atoms with Crippen LogP contribution in [0.25, 0.3) is 11.1 Å². The first-order valence-corrected chi connectivity index (χ1v) is 23.9. The number of benzene rings is 4. The van der Waals surface area contributed by atoms with Gasteiger partial charge in [-0.25, -0.2) is 0 Å². The fraction of sp³-hybridized carbons (Fsp3) is 0.176. The van der Waals surface area contributed by atoms with E-state index in [1.807, 2.05) is 0 Å². The Kier molecular flexibility index (Phi) is 8.06. The summed E-state index contributed by atoms with van der Waals surface area (Å²) in [6, 6.07) is 37.2. The maximum absolute atomic E-state index is 4.27. The smallest absolute Gasteiger partial charge is 0.147 e. The molecule has 0 N–H and O–H groups in total. The molecule has 0 saturated heterocycles. The van der Waals surface area contributed by atoms with Crippen LogP contribution >= 0.6 is 24.8 Å². The zero-order valence-electron chi connectivity index (χ0n) is 22.4. The molecular formula is C34H36Cl2SiZr. The maximum atomic E-state index is 2.56. The number of fused-ring (bicyclic) bond motifs is 3. The van der Waals surface area contributed by atoms with Crippen LogP contribution < -0.4 is 9.81 Å². The molecule has 194 valence electrons. The van der Waals surface area contributed by atoms with Crippen molar-refractivity contribution in [3.8, 4) is 11.1 Å². The second kappa shape index (κ2) is 10.5. The van der Waals surface area contributed by atoms with Gasteiger partial charge in [-0.2, -0.15) is 0 Å². The Morgan fingerprint density at radius 1 is 0.711 bits per heavy atom. The summed E-state index contributed by atoms with van der Waals surface area (Å²) >= 11 is -4.27. The van der Waals surface area contributed by atoms with Crippen LogP contribution in [0.5, 0.6) is 0 Å². The third-order valence-electron chi connectivity index (χ3n) is 8.67. The first-order chi connectivity index (χ1) is 17.3. The standard InChI is InChI=1S/C17H17.2C6H5.C5H5.2ClH.H2Si.Zr/c1-17(2,3)15-10-6-8-13-11-12-7-4-5-9-14(12)16(13)15;2*1-2-4-6-5-3-1;1-2-4-5-3-1;;;;/h4-7,9-10H,11H2,1-3H3;2*1-5H;1-3H,4H2;2*1H;1H2;. The Hall–Kier alpha value is -1.96. The monoisotopic (exact) mass is 632 g/mol. The van der Waals surface area contributed by atoms with E-state index in [0.717, 1.165) is 12.8 Å². The summed E-state index contributed by atoms with van der Waals surface area (Å²) in [4.78, 5) is 0. The van der Waals surface area contributed by atoms with Gasteiger partial charge in [0.15, 0.2) is 0 Å². The molecule has 0 nitrogen and oxygen atoms in total. The summed E-state index contributed by atoms with van der Waals surface area (Å²) in [6.07, 6.45) is 9.18. The van der Waals surface area contributed by atoms with Crippen molar-refractivity contribution in [2.24, 2.45) is 0 Å². The first-order valence-electron chi connectivity index (χ1n) is 13.1. The summed E-state index contributed by atoms with van der Waals surface area (Å²) < 4.78 is 6.36. The van der Waals surface area contributed by atoms with E-state index in [1.165, 1.54) is 22.3 Å². The van der Waals surface area contributed by atoms with Gasteiger partial charge in [-0.3, -0.25) is 0 Å². The molecule has 0 atom stereocenters. The second-order valence-corrected chi connectivity index (χ2v) is 32.9. The van der Waals surface area contributed by atoms with E-state index in [-0.39, 0.29) is 30.2 Å². The minimum atomic E-state index is -4.27. The molecule has 0 amide bonds. The van der Waals surface area contributed by atoms with Crippen molar-refractivity contribution in [1.29, 1.82) is 0 Å². The molecule has 0 fully saturated rings. The predicted molar refractivity (Wildman–Crippen MR) is 170 cm³/mol. The summed E-state index contributed by atoms with van der Waals surface area (Å²) in [5, 5.41) is 0. The van der Waals surface area contributed by atoms with Gasteiger partial charge in [0.25, 0.3) is 0 Å². The van der Waals surface area contributed by atoms with Crippen molar-refractivity contribution in [2.75, 3.05) is 0 Å². The number of allylic oxidation sites excluding steroid dienone is 4. The Labute approximate surface area is 242 Å². The van der Waals surface area contributed by atoms with Crippen molar-refractivity contribution in [3.63, 3.8) is 0 Å². The average molecular weight is 635 g/mol. The molecule has 0 aliphatic heterocycles. The van der Waals surface area contributed by atoms with Gasteiger partial charge >= 0.3 is 220 Å². The SMILES string of the molecule is CC(C)(C)c1cc[c]([Zr](=[SiH2])([C]2=CC=CC2)([c]2ccccc2)[c]2ccccc2)c2c1-c1ccccc1C2.Cl.Cl. The fourth-order valence-corrected chi connectivity index (χ4v) is 28.6. The molecule has 2 aliphatic rings. The average Bonchev–Trinajstić information content (AvgIpc) is 3.57. The third kappa shape index (κ3) is 4.11. The van der Waals surface area contributed by atoms with Crippen LogP contribution in [0.4, 0.5) is 0 Å². The number of rotatable bonds is 4. The zero-order valence-corrected chi connectivity index (χ0v) is 27.9. The van der Waals surface area contributed by atoms with E-state index < -0.39 is 17.4 Å².